The first-order valence-electron chi connectivity index (χ1n) is 9.31. The van der Waals surface area contributed by atoms with Crippen molar-refractivity contribution in [2.45, 2.75) is 20.8 Å². The van der Waals surface area contributed by atoms with Gasteiger partial charge in [-0.2, -0.15) is 4.98 Å². The van der Waals surface area contributed by atoms with E-state index in [-0.39, 0.29) is 26.4 Å². The summed E-state index contributed by atoms with van der Waals surface area (Å²) >= 11 is 17.9. The van der Waals surface area contributed by atoms with Crippen LogP contribution in [0.4, 0.5) is 0 Å². The van der Waals surface area contributed by atoms with Gasteiger partial charge in [-0.05, 0) is 60.2 Å². The van der Waals surface area contributed by atoms with E-state index in [1.165, 1.54) is 42.5 Å². The van der Waals surface area contributed by atoms with Crippen LogP contribution < -0.4 is 0 Å². The van der Waals surface area contributed by atoms with Gasteiger partial charge in [0.05, 0.1) is 10.6 Å². The van der Waals surface area contributed by atoms with Gasteiger partial charge in [0.2, 0.25) is 30.6 Å². The lowest BCUT2D eigenvalue weighted by atomic mass is 10.2. The number of oxazole rings is 1. The van der Waals surface area contributed by atoms with Crippen LogP contribution in [0, 0.1) is 0 Å². The molecule has 0 aliphatic rings. The smallest absolute Gasteiger partial charge is 0.258 e. The normalized spacial score (nSPS) is 12.1. The van der Waals surface area contributed by atoms with Gasteiger partial charge < -0.3 is 4.42 Å². The highest BCUT2D eigenvalue weighted by atomic mass is 35.5. The Balaban J connectivity index is 1.89. The molecule has 11 heteroatoms. The minimum atomic E-state index is -4.32. The summed E-state index contributed by atoms with van der Waals surface area (Å²) in [7, 11) is -8.63. The lowest BCUT2D eigenvalue weighted by Crippen LogP contribution is -2.11. The zero-order chi connectivity index (χ0) is 23.8. The molecule has 0 atom stereocenters. The van der Waals surface area contributed by atoms with Crippen LogP contribution in [0.2, 0.25) is 15.1 Å². The van der Waals surface area contributed by atoms with Crippen molar-refractivity contribution in [2.75, 3.05) is 0 Å². The Kier molecular flexibility index (Phi) is 6.57. The van der Waals surface area contributed by atoms with E-state index in [9.17, 15) is 16.8 Å². The standard InChI is InChI=1S/C22H14Cl3NO5S2/c23-16-8-6-15(7-9-16)20-26-21(33(29,30)19-4-2-1-3-5-19)22(31-20)32(27,28)13-14-10-17(24)12-18(25)11-14/h1-12H,13H2. The number of aromatic nitrogens is 1. The summed E-state index contributed by atoms with van der Waals surface area (Å²) in [5.74, 6) is -0.774. The number of hydrogen-bond acceptors (Lipinski definition) is 6. The van der Waals surface area contributed by atoms with Crippen molar-refractivity contribution in [3.05, 3.63) is 93.4 Å². The van der Waals surface area contributed by atoms with Gasteiger partial charge in [0, 0.05) is 20.6 Å². The highest BCUT2D eigenvalue weighted by Gasteiger charge is 2.35. The Morgan fingerprint density at radius 3 is 1.97 bits per heavy atom. The second kappa shape index (κ2) is 9.12. The minimum Gasteiger partial charge on any atom is -0.423 e. The fourth-order valence-electron chi connectivity index (χ4n) is 3.06. The van der Waals surface area contributed by atoms with E-state index < -0.39 is 35.5 Å². The second-order valence-electron chi connectivity index (χ2n) is 6.97. The number of halogens is 3. The Bertz CT molecular complexity index is 1510. The molecule has 0 fully saturated rings. The fraction of sp³-hybridized carbons (Fsp3) is 0.0455. The molecule has 0 radical (unpaired) electrons. The molecule has 1 heterocycles. The van der Waals surface area contributed by atoms with E-state index in [0.717, 1.165) is 0 Å². The Morgan fingerprint density at radius 1 is 0.758 bits per heavy atom. The lowest BCUT2D eigenvalue weighted by molar-refractivity contribution is 0.444. The molecule has 4 aromatic rings. The maximum absolute atomic E-state index is 13.3. The molecule has 0 spiro atoms. The van der Waals surface area contributed by atoms with Crippen LogP contribution in [-0.2, 0) is 25.4 Å². The van der Waals surface area contributed by atoms with Crippen LogP contribution in [0.1, 0.15) is 5.56 Å². The fourth-order valence-corrected chi connectivity index (χ4v) is 6.93. The summed E-state index contributed by atoms with van der Waals surface area (Å²) in [4.78, 5) is 3.95. The SMILES string of the molecule is O=S(=O)(Cc1cc(Cl)cc(Cl)c1)c1oc(-c2ccc(Cl)cc2)nc1S(=O)(=O)c1ccccc1. The largest absolute Gasteiger partial charge is 0.423 e. The highest BCUT2D eigenvalue weighted by molar-refractivity contribution is 7.94. The molecule has 0 bridgehead atoms. The molecular formula is C22H14Cl3NO5S2. The molecule has 0 N–H and O–H groups in total. The third kappa shape index (κ3) is 5.10. The van der Waals surface area contributed by atoms with Gasteiger partial charge in [-0.25, -0.2) is 16.8 Å². The molecular weight excluding hydrogens is 529 g/mol. The van der Waals surface area contributed by atoms with Crippen LogP contribution in [0.3, 0.4) is 0 Å². The second-order valence-corrected chi connectivity index (χ2v) is 12.0. The average Bonchev–Trinajstić information content (AvgIpc) is 3.21. The molecule has 0 saturated heterocycles. The number of nitrogens with zero attached hydrogens (tertiary/aromatic N) is 1. The van der Waals surface area contributed by atoms with Crippen molar-refractivity contribution in [3.8, 4) is 11.5 Å². The first-order chi connectivity index (χ1) is 15.6. The molecule has 3 aromatic carbocycles. The molecule has 0 aliphatic carbocycles. The summed E-state index contributed by atoms with van der Waals surface area (Å²) in [5.41, 5.74) is 0.621. The molecule has 6 nitrogen and oxygen atoms in total. The van der Waals surface area contributed by atoms with Gasteiger partial charge in [-0.1, -0.05) is 53.0 Å². The number of benzene rings is 3. The molecule has 170 valence electrons. The summed E-state index contributed by atoms with van der Waals surface area (Å²) in [6.45, 7) is 0. The summed E-state index contributed by atoms with van der Waals surface area (Å²) in [6.07, 6.45) is 0. The van der Waals surface area contributed by atoms with E-state index in [2.05, 4.69) is 4.98 Å². The first-order valence-corrected chi connectivity index (χ1v) is 13.6. The van der Waals surface area contributed by atoms with Crippen molar-refractivity contribution in [2.24, 2.45) is 0 Å². The molecule has 0 unspecified atom stereocenters. The van der Waals surface area contributed by atoms with E-state index in [0.29, 0.717) is 10.6 Å². The van der Waals surface area contributed by atoms with Crippen LogP contribution in [0.15, 0.2) is 92.2 Å². The molecule has 1 aromatic heterocycles. The number of hydrogen-bond donors (Lipinski definition) is 0. The Labute approximate surface area is 205 Å². The maximum Gasteiger partial charge on any atom is 0.258 e. The van der Waals surface area contributed by atoms with Crippen LogP contribution in [0.25, 0.3) is 11.5 Å². The third-order valence-corrected chi connectivity index (χ3v) is 8.58. The molecule has 0 amide bonds. The van der Waals surface area contributed by atoms with Crippen molar-refractivity contribution in [3.63, 3.8) is 0 Å². The van der Waals surface area contributed by atoms with Crippen LogP contribution in [-0.4, -0.2) is 21.8 Å². The van der Waals surface area contributed by atoms with Gasteiger partial charge in [0.15, 0.2) is 0 Å². The summed E-state index contributed by atoms with van der Waals surface area (Å²) in [5, 5.41) is -0.555. The first kappa shape index (κ1) is 23.8. The van der Waals surface area contributed by atoms with Crippen LogP contribution >= 0.6 is 34.8 Å². The van der Waals surface area contributed by atoms with Crippen molar-refractivity contribution >= 4 is 54.5 Å². The number of sulfone groups is 2. The number of rotatable bonds is 6. The predicted octanol–water partition coefficient (Wildman–Crippen LogP) is 6.11. The Hall–Kier alpha value is -2.36. The average molecular weight is 543 g/mol. The van der Waals surface area contributed by atoms with Gasteiger partial charge >= 0.3 is 0 Å². The zero-order valence-electron chi connectivity index (χ0n) is 16.6. The van der Waals surface area contributed by atoms with E-state index in [4.69, 9.17) is 39.2 Å². The summed E-state index contributed by atoms with van der Waals surface area (Å²) in [6, 6.07) is 17.9. The Morgan fingerprint density at radius 2 is 1.36 bits per heavy atom. The molecule has 4 rings (SSSR count). The zero-order valence-corrected chi connectivity index (χ0v) is 20.5. The third-order valence-electron chi connectivity index (χ3n) is 4.53. The van der Waals surface area contributed by atoms with Crippen LogP contribution in [0.5, 0.6) is 0 Å². The van der Waals surface area contributed by atoms with Gasteiger partial charge in [-0.15, -0.1) is 0 Å². The highest BCUT2D eigenvalue weighted by Crippen LogP contribution is 2.34. The van der Waals surface area contributed by atoms with Crippen molar-refractivity contribution in [1.82, 2.24) is 4.98 Å². The minimum absolute atomic E-state index is 0.122. The predicted molar refractivity (Wildman–Crippen MR) is 126 cm³/mol. The molecule has 0 aliphatic heterocycles. The summed E-state index contributed by atoms with van der Waals surface area (Å²) < 4.78 is 58.8. The van der Waals surface area contributed by atoms with Crippen molar-refractivity contribution < 1.29 is 21.3 Å². The van der Waals surface area contributed by atoms with Gasteiger partial charge in [-0.3, -0.25) is 0 Å². The van der Waals surface area contributed by atoms with E-state index in [1.807, 2.05) is 0 Å². The van der Waals surface area contributed by atoms with Crippen molar-refractivity contribution in [1.29, 1.82) is 0 Å². The van der Waals surface area contributed by atoms with Gasteiger partial charge in [0.1, 0.15) is 0 Å². The maximum atomic E-state index is 13.3. The van der Waals surface area contributed by atoms with E-state index in [1.54, 1.807) is 30.3 Å². The monoisotopic (exact) mass is 541 g/mol. The topological polar surface area (TPSA) is 94.3 Å². The quantitative estimate of drug-likeness (QED) is 0.292. The lowest BCUT2D eigenvalue weighted by Gasteiger charge is -2.06. The molecule has 33 heavy (non-hydrogen) atoms. The van der Waals surface area contributed by atoms with Gasteiger partial charge in [0.25, 0.3) is 5.09 Å². The van der Waals surface area contributed by atoms with E-state index >= 15 is 0 Å². The molecule has 0 saturated carbocycles.